The number of unbranched alkanes of at least 4 members (excludes halogenated alkanes) is 16. The molecule has 0 aliphatic carbocycles. The first kappa shape index (κ1) is 35.3. The van der Waals surface area contributed by atoms with Crippen molar-refractivity contribution in [1.29, 1.82) is 0 Å². The van der Waals surface area contributed by atoms with Crippen molar-refractivity contribution in [2.75, 3.05) is 19.8 Å². The topological polar surface area (TPSA) is 91.7 Å². The van der Waals surface area contributed by atoms with Gasteiger partial charge in [0.05, 0.1) is 25.9 Å². The van der Waals surface area contributed by atoms with Crippen molar-refractivity contribution in [3.63, 3.8) is 0 Å². The van der Waals surface area contributed by atoms with Gasteiger partial charge in [-0.1, -0.05) is 103 Å². The monoisotopic (exact) mass is 534 g/mol. The van der Waals surface area contributed by atoms with Crippen molar-refractivity contribution in [2.24, 2.45) is 0 Å². The third kappa shape index (κ3) is 15.6. The first-order chi connectivity index (χ1) is 16.9. The Morgan fingerprint density at radius 2 is 1.14 bits per heavy atom. The molecule has 0 fully saturated rings. The third-order valence-corrected chi connectivity index (χ3v) is 9.43. The molecule has 0 rings (SSSR count). The Labute approximate surface area is 224 Å². The van der Waals surface area contributed by atoms with Crippen molar-refractivity contribution in [3.8, 4) is 0 Å². The minimum Gasteiger partial charge on any atom is -0.477 e. The van der Waals surface area contributed by atoms with Gasteiger partial charge in [0, 0.05) is 13.3 Å². The molecule has 0 aromatic rings. The van der Waals surface area contributed by atoms with Gasteiger partial charge < -0.3 is 9.59 Å². The number of aliphatic carboxylic acids is 1. The molecular weight excluding hydrogens is 474 g/mol. The third-order valence-electron chi connectivity index (χ3n) is 8.63. The molecule has 216 valence electrons. The molecule has 36 heavy (non-hydrogen) atoms. The zero-order valence-corrected chi connectivity index (χ0v) is 25.2. The van der Waals surface area contributed by atoms with Gasteiger partial charge in [-0.25, -0.2) is 4.79 Å². The van der Waals surface area contributed by atoms with Crippen LogP contribution in [0.3, 0.4) is 0 Å². The highest BCUT2D eigenvalue weighted by molar-refractivity contribution is 7.85. The van der Waals surface area contributed by atoms with E-state index in [0.717, 1.165) is 12.8 Å². The number of quaternary nitrogens is 1. The average Bonchev–Trinajstić information content (AvgIpc) is 2.80. The highest BCUT2D eigenvalue weighted by Gasteiger charge is 2.50. The lowest BCUT2D eigenvalue weighted by molar-refractivity contribution is -0.952. The Balaban J connectivity index is 4.01. The Kier molecular flexibility index (Phi) is 19.1. The molecule has 2 unspecified atom stereocenters. The van der Waals surface area contributed by atoms with Gasteiger partial charge in [-0.3, -0.25) is 4.55 Å². The van der Waals surface area contributed by atoms with E-state index in [1.54, 1.807) is 6.92 Å². The van der Waals surface area contributed by atoms with Gasteiger partial charge in [0.2, 0.25) is 0 Å². The zero-order valence-electron chi connectivity index (χ0n) is 24.4. The first-order valence-corrected chi connectivity index (χ1v) is 16.5. The van der Waals surface area contributed by atoms with Crippen LogP contribution in [0.4, 0.5) is 0 Å². The van der Waals surface area contributed by atoms with Crippen LogP contribution in [0.25, 0.3) is 0 Å². The number of rotatable bonds is 25. The van der Waals surface area contributed by atoms with E-state index >= 15 is 0 Å². The van der Waals surface area contributed by atoms with Gasteiger partial charge >= 0.3 is 5.97 Å². The largest absolute Gasteiger partial charge is 0.477 e. The summed E-state index contributed by atoms with van der Waals surface area (Å²) in [5.41, 5.74) is -0.992. The summed E-state index contributed by atoms with van der Waals surface area (Å²) in [5, 5.41) is 10.0. The van der Waals surface area contributed by atoms with E-state index in [9.17, 15) is 18.3 Å². The van der Waals surface area contributed by atoms with Gasteiger partial charge in [-0.15, -0.1) is 0 Å². The van der Waals surface area contributed by atoms with Gasteiger partial charge in [0.25, 0.3) is 10.1 Å². The molecule has 2 N–H and O–H groups in total. The van der Waals surface area contributed by atoms with Crippen molar-refractivity contribution in [2.45, 2.75) is 161 Å². The van der Waals surface area contributed by atoms with E-state index in [0.29, 0.717) is 17.3 Å². The molecule has 0 spiro atoms. The molecular formula is C29H60NO5S+. The zero-order chi connectivity index (χ0) is 27.5. The summed E-state index contributed by atoms with van der Waals surface area (Å²) >= 11 is 0. The maximum Gasteiger partial charge on any atom is 0.365 e. The standard InChI is InChI=1S/C29H59NO5S/c1-6-7-8-9-10-11-12-13-14-15-16-17-18-19-20-21-24-27(2)30(4,5)29(3,28(31)32)25-22-23-26-36(33,34)35/h27H,6-26H2,1-5H3,(H-,31,32,33,34,35)/p+1. The molecule has 2 atom stereocenters. The van der Waals surface area contributed by atoms with Crippen LogP contribution in [0.1, 0.15) is 149 Å². The number of carboxylic acid groups (broad SMARTS) is 1. The maximum atomic E-state index is 12.2. The second kappa shape index (κ2) is 19.4. The lowest BCUT2D eigenvalue weighted by atomic mass is 9.88. The Bertz CT molecular complexity index is 665. The molecule has 0 aliphatic heterocycles. The highest BCUT2D eigenvalue weighted by Crippen LogP contribution is 2.32. The summed E-state index contributed by atoms with van der Waals surface area (Å²) < 4.78 is 31.2. The number of hydrogen-bond donors (Lipinski definition) is 2. The van der Waals surface area contributed by atoms with Gasteiger partial charge in [0.15, 0.2) is 5.54 Å². The Morgan fingerprint density at radius 1 is 0.750 bits per heavy atom. The number of nitrogens with zero attached hydrogens (tertiary/aromatic N) is 1. The first-order valence-electron chi connectivity index (χ1n) is 14.9. The lowest BCUT2D eigenvalue weighted by Crippen LogP contribution is -2.66. The van der Waals surface area contributed by atoms with Crippen LogP contribution in [0.2, 0.25) is 0 Å². The fraction of sp³-hybridized carbons (Fsp3) is 0.966. The van der Waals surface area contributed by atoms with E-state index in [2.05, 4.69) is 13.8 Å². The fourth-order valence-corrected chi connectivity index (χ4v) is 5.76. The number of carboxylic acids is 1. The summed E-state index contributed by atoms with van der Waals surface area (Å²) in [7, 11) is -0.0400. The summed E-state index contributed by atoms with van der Waals surface area (Å²) in [5.74, 6) is -1.16. The molecule has 0 heterocycles. The summed E-state index contributed by atoms with van der Waals surface area (Å²) in [6.07, 6.45) is 23.6. The number of hydrogen-bond acceptors (Lipinski definition) is 3. The molecule has 0 aliphatic rings. The van der Waals surface area contributed by atoms with E-state index < -0.39 is 21.6 Å². The second-order valence-corrected chi connectivity index (χ2v) is 13.4. The molecule has 7 heteroatoms. The molecule has 0 aromatic carbocycles. The van der Waals surface area contributed by atoms with E-state index in [1.165, 1.54) is 96.3 Å². The van der Waals surface area contributed by atoms with Crippen LogP contribution in [-0.4, -0.2) is 60.0 Å². The van der Waals surface area contributed by atoms with Gasteiger partial charge in [0.1, 0.15) is 0 Å². The number of likely N-dealkylation sites (N-methyl/N-ethyl adjacent to an activating group) is 1. The van der Waals surface area contributed by atoms with Gasteiger partial charge in [-0.2, -0.15) is 8.42 Å². The SMILES string of the molecule is CCCCCCCCCCCCCCCCCCC(C)[N+](C)(C)C(C)(CCCCS(=O)(=O)O)C(=O)O. The molecule has 6 nitrogen and oxygen atoms in total. The van der Waals surface area contributed by atoms with E-state index in [4.69, 9.17) is 4.55 Å². The molecule has 0 radical (unpaired) electrons. The van der Waals surface area contributed by atoms with E-state index in [-0.39, 0.29) is 18.2 Å². The van der Waals surface area contributed by atoms with Crippen LogP contribution in [-0.2, 0) is 14.9 Å². The Morgan fingerprint density at radius 3 is 1.50 bits per heavy atom. The molecule has 0 bridgehead atoms. The van der Waals surface area contributed by atoms with E-state index in [1.807, 2.05) is 14.1 Å². The van der Waals surface area contributed by atoms with Crippen molar-refractivity contribution in [1.82, 2.24) is 0 Å². The normalized spacial score (nSPS) is 15.1. The lowest BCUT2D eigenvalue weighted by Gasteiger charge is -2.48. The number of carbonyl (C=O) groups is 1. The second-order valence-electron chi connectivity index (χ2n) is 11.8. The van der Waals surface area contributed by atoms with Crippen molar-refractivity contribution in [3.05, 3.63) is 0 Å². The quantitative estimate of drug-likeness (QED) is 0.0703. The maximum absolute atomic E-state index is 12.2. The van der Waals surface area contributed by atoms with Crippen molar-refractivity contribution < 1.29 is 27.4 Å². The molecule has 0 saturated carbocycles. The predicted octanol–water partition coefficient (Wildman–Crippen LogP) is 8.00. The summed E-state index contributed by atoms with van der Waals surface area (Å²) in [6.45, 7) is 6.17. The molecule has 0 saturated heterocycles. The van der Waals surface area contributed by atoms with Crippen LogP contribution >= 0.6 is 0 Å². The van der Waals surface area contributed by atoms with Crippen molar-refractivity contribution >= 4 is 16.1 Å². The average molecular weight is 535 g/mol. The van der Waals surface area contributed by atoms with Crippen LogP contribution in [0, 0.1) is 0 Å². The molecule has 0 aromatic heterocycles. The molecule has 0 amide bonds. The Hall–Kier alpha value is -0.660. The minimum absolute atomic E-state index is 0.194. The smallest absolute Gasteiger partial charge is 0.365 e. The minimum atomic E-state index is -4.00. The summed E-state index contributed by atoms with van der Waals surface area (Å²) in [4.78, 5) is 12.2. The highest BCUT2D eigenvalue weighted by atomic mass is 32.2. The summed E-state index contributed by atoms with van der Waals surface area (Å²) in [6, 6.07) is 0.194. The van der Waals surface area contributed by atoms with Crippen LogP contribution in [0.15, 0.2) is 0 Å². The fourth-order valence-electron chi connectivity index (χ4n) is 5.19. The van der Waals surface area contributed by atoms with Crippen LogP contribution < -0.4 is 0 Å². The van der Waals surface area contributed by atoms with Crippen LogP contribution in [0.5, 0.6) is 0 Å². The van der Waals surface area contributed by atoms with Gasteiger partial charge in [-0.05, 0) is 32.6 Å². The predicted molar refractivity (Wildman–Crippen MR) is 152 cm³/mol.